The molecular weight excluding hydrogens is 446 g/mol. The minimum atomic E-state index is -0.976. The fourth-order valence-corrected chi connectivity index (χ4v) is 3.76. The zero-order valence-corrected chi connectivity index (χ0v) is 22.3. The predicted octanol–water partition coefficient (Wildman–Crippen LogP) is 4.69. The van der Waals surface area contributed by atoms with Gasteiger partial charge in [-0.15, -0.1) is 6.58 Å². The summed E-state index contributed by atoms with van der Waals surface area (Å²) in [5, 5.41) is 15.5. The first-order chi connectivity index (χ1) is 16.3. The van der Waals surface area contributed by atoms with Gasteiger partial charge >= 0.3 is 6.09 Å². The van der Waals surface area contributed by atoms with Crippen LogP contribution in [0, 0.1) is 5.92 Å². The molecule has 0 aliphatic carbocycles. The average molecular weight is 490 g/mol. The number of ether oxygens (including phenoxy) is 1. The first-order valence-corrected chi connectivity index (χ1v) is 12.3. The summed E-state index contributed by atoms with van der Waals surface area (Å²) in [4.78, 5) is 41.3. The number of aromatic hydroxyl groups is 1. The molecule has 1 aromatic carbocycles. The van der Waals surface area contributed by atoms with Crippen LogP contribution in [0.15, 0.2) is 36.9 Å². The molecule has 0 saturated heterocycles. The van der Waals surface area contributed by atoms with Gasteiger partial charge in [-0.2, -0.15) is 0 Å². The zero-order valence-electron chi connectivity index (χ0n) is 22.3. The van der Waals surface area contributed by atoms with Crippen molar-refractivity contribution in [2.24, 2.45) is 5.92 Å². The molecule has 0 aromatic heterocycles. The summed E-state index contributed by atoms with van der Waals surface area (Å²) >= 11 is 0. The third kappa shape index (κ3) is 10.4. The highest BCUT2D eigenvalue weighted by Crippen LogP contribution is 2.26. The lowest BCUT2D eigenvalue weighted by molar-refractivity contribution is -0.142. The summed E-state index contributed by atoms with van der Waals surface area (Å²) < 4.78 is 5.38. The molecule has 8 heteroatoms. The van der Waals surface area contributed by atoms with Gasteiger partial charge < -0.3 is 25.4 Å². The summed E-state index contributed by atoms with van der Waals surface area (Å²) in [5.41, 5.74) is -0.181. The molecule has 3 N–H and O–H groups in total. The monoisotopic (exact) mass is 489 g/mol. The van der Waals surface area contributed by atoms with Crippen LogP contribution >= 0.6 is 0 Å². The number of rotatable bonds is 12. The Bertz CT molecular complexity index is 845. The number of amides is 3. The Balaban J connectivity index is 3.41. The topological polar surface area (TPSA) is 108 Å². The van der Waals surface area contributed by atoms with Crippen LogP contribution in [0.1, 0.15) is 79.3 Å². The number of nitrogens with zero attached hydrogens (tertiary/aromatic N) is 1. The van der Waals surface area contributed by atoms with Gasteiger partial charge in [0.15, 0.2) is 0 Å². The third-order valence-corrected chi connectivity index (χ3v) is 5.18. The van der Waals surface area contributed by atoms with E-state index >= 15 is 0 Å². The minimum Gasteiger partial charge on any atom is -0.508 e. The molecule has 0 saturated carbocycles. The van der Waals surface area contributed by atoms with Gasteiger partial charge in [0.2, 0.25) is 11.8 Å². The summed E-state index contributed by atoms with van der Waals surface area (Å²) in [6.45, 7) is 17.0. The smallest absolute Gasteiger partial charge is 0.408 e. The van der Waals surface area contributed by atoms with Gasteiger partial charge in [0.25, 0.3) is 0 Å². The van der Waals surface area contributed by atoms with Gasteiger partial charge in [-0.25, -0.2) is 4.79 Å². The number of phenolic OH excluding ortho intramolecular Hbond substituents is 1. The van der Waals surface area contributed by atoms with Crippen LogP contribution in [0.25, 0.3) is 0 Å². The van der Waals surface area contributed by atoms with Crippen molar-refractivity contribution in [3.63, 3.8) is 0 Å². The number of hydrogen-bond donors (Lipinski definition) is 3. The van der Waals surface area contributed by atoms with Crippen molar-refractivity contribution in [3.05, 3.63) is 42.5 Å². The second kappa shape index (κ2) is 13.8. The van der Waals surface area contributed by atoms with E-state index in [-0.39, 0.29) is 30.2 Å². The highest BCUT2D eigenvalue weighted by molar-refractivity contribution is 5.92. The quantitative estimate of drug-likeness (QED) is 0.369. The Kier molecular flexibility index (Phi) is 11.8. The molecule has 0 aliphatic rings. The zero-order chi connectivity index (χ0) is 26.8. The van der Waals surface area contributed by atoms with E-state index in [1.807, 2.05) is 27.7 Å². The second-order valence-electron chi connectivity index (χ2n) is 10.3. The van der Waals surface area contributed by atoms with Crippen LogP contribution in [0.4, 0.5) is 4.79 Å². The van der Waals surface area contributed by atoms with E-state index in [0.717, 1.165) is 12.8 Å². The van der Waals surface area contributed by atoms with E-state index < -0.39 is 29.7 Å². The molecule has 0 radical (unpaired) electrons. The number of phenols is 1. The molecule has 0 heterocycles. The SMILES string of the molecule is C=CCN(C(=O)C(CC(C)C)NC(=O)OC(C)(C)C)C(C(=O)NC(C)CCC)c1ccc(O)cc1. The van der Waals surface area contributed by atoms with Crippen molar-refractivity contribution >= 4 is 17.9 Å². The molecule has 196 valence electrons. The lowest BCUT2D eigenvalue weighted by atomic mass is 9.98. The molecule has 1 aromatic rings. The highest BCUT2D eigenvalue weighted by Gasteiger charge is 2.36. The summed E-state index contributed by atoms with van der Waals surface area (Å²) in [5.74, 6) is -0.610. The molecule has 3 amide bonds. The lowest BCUT2D eigenvalue weighted by Gasteiger charge is -2.34. The van der Waals surface area contributed by atoms with Gasteiger partial charge in [0.1, 0.15) is 23.4 Å². The second-order valence-corrected chi connectivity index (χ2v) is 10.3. The maximum atomic E-state index is 13.8. The highest BCUT2D eigenvalue weighted by atomic mass is 16.6. The third-order valence-electron chi connectivity index (χ3n) is 5.18. The van der Waals surface area contributed by atoms with E-state index in [2.05, 4.69) is 17.2 Å². The molecule has 0 aliphatic heterocycles. The number of benzene rings is 1. The first-order valence-electron chi connectivity index (χ1n) is 12.3. The normalized spacial score (nSPS) is 13.9. The molecule has 0 bridgehead atoms. The van der Waals surface area contributed by atoms with Crippen molar-refractivity contribution < 1.29 is 24.2 Å². The number of carbonyl (C=O) groups is 3. The van der Waals surface area contributed by atoms with E-state index in [0.29, 0.717) is 12.0 Å². The van der Waals surface area contributed by atoms with Gasteiger partial charge in [-0.05, 0) is 64.2 Å². The van der Waals surface area contributed by atoms with Crippen LogP contribution in [0.3, 0.4) is 0 Å². The van der Waals surface area contributed by atoms with Gasteiger partial charge in [0.05, 0.1) is 0 Å². The van der Waals surface area contributed by atoms with Crippen LogP contribution in [0.5, 0.6) is 5.75 Å². The molecule has 35 heavy (non-hydrogen) atoms. The molecule has 3 atom stereocenters. The maximum absolute atomic E-state index is 13.8. The van der Waals surface area contributed by atoms with Crippen molar-refractivity contribution in [3.8, 4) is 5.75 Å². The molecule has 1 rings (SSSR count). The first kappa shape index (κ1) is 30.0. The summed E-state index contributed by atoms with van der Waals surface area (Å²) in [6.07, 6.45) is 2.91. The van der Waals surface area contributed by atoms with Crippen LogP contribution in [0.2, 0.25) is 0 Å². The number of alkyl carbamates (subject to hydrolysis) is 1. The molecule has 0 spiro atoms. The van der Waals surface area contributed by atoms with Crippen LogP contribution in [-0.2, 0) is 14.3 Å². The van der Waals surface area contributed by atoms with Crippen molar-refractivity contribution in [1.82, 2.24) is 15.5 Å². The van der Waals surface area contributed by atoms with E-state index in [1.165, 1.54) is 17.0 Å². The Morgan fingerprint density at radius 1 is 1.11 bits per heavy atom. The fraction of sp³-hybridized carbons (Fsp3) is 0.593. The summed E-state index contributed by atoms with van der Waals surface area (Å²) in [7, 11) is 0. The van der Waals surface area contributed by atoms with Crippen molar-refractivity contribution in [2.75, 3.05) is 6.54 Å². The molecular formula is C27H43N3O5. The van der Waals surface area contributed by atoms with Crippen LogP contribution < -0.4 is 10.6 Å². The minimum absolute atomic E-state index is 0.0538. The van der Waals surface area contributed by atoms with Crippen molar-refractivity contribution in [1.29, 1.82) is 0 Å². The number of carbonyl (C=O) groups excluding carboxylic acids is 3. The maximum Gasteiger partial charge on any atom is 0.408 e. The Hall–Kier alpha value is -3.03. The van der Waals surface area contributed by atoms with Gasteiger partial charge in [-0.3, -0.25) is 9.59 Å². The van der Waals surface area contributed by atoms with Gasteiger partial charge in [-0.1, -0.05) is 45.4 Å². The Morgan fingerprint density at radius 2 is 1.71 bits per heavy atom. The van der Waals surface area contributed by atoms with E-state index in [1.54, 1.807) is 39.0 Å². The number of nitrogens with one attached hydrogen (secondary N) is 2. The Morgan fingerprint density at radius 3 is 2.20 bits per heavy atom. The number of hydrogen-bond acceptors (Lipinski definition) is 5. The van der Waals surface area contributed by atoms with E-state index in [9.17, 15) is 19.5 Å². The van der Waals surface area contributed by atoms with Gasteiger partial charge in [0, 0.05) is 12.6 Å². The fourth-order valence-electron chi connectivity index (χ4n) is 3.76. The molecule has 3 unspecified atom stereocenters. The van der Waals surface area contributed by atoms with Crippen molar-refractivity contribution in [2.45, 2.75) is 91.5 Å². The summed E-state index contributed by atoms with van der Waals surface area (Å²) in [6, 6.07) is 4.23. The average Bonchev–Trinajstić information content (AvgIpc) is 2.72. The van der Waals surface area contributed by atoms with Crippen LogP contribution in [-0.4, -0.2) is 52.1 Å². The largest absolute Gasteiger partial charge is 0.508 e. The van der Waals surface area contributed by atoms with E-state index in [4.69, 9.17) is 4.74 Å². The predicted molar refractivity (Wildman–Crippen MR) is 138 cm³/mol. The standard InChI is InChI=1S/C27H43N3O5/c1-9-11-19(5)28-24(32)23(20-12-14-21(31)15-13-20)30(16-10-2)25(33)22(17-18(3)4)29-26(34)35-27(6,7)8/h10,12-15,18-19,22-23,31H,2,9,11,16-17H2,1,3-8H3,(H,28,32)(H,29,34). The Labute approximate surface area is 210 Å². The molecule has 0 fully saturated rings. The molecule has 8 nitrogen and oxygen atoms in total. The lowest BCUT2D eigenvalue weighted by Crippen LogP contribution is -2.54.